The molecule has 3 aliphatic carbocycles. The molecule has 0 bridgehead atoms. The number of carboxylic acid groups (broad SMARTS) is 2. The fraction of sp³-hybridized carbons (Fsp3) is 0.656. The van der Waals surface area contributed by atoms with Gasteiger partial charge >= 0.3 is 17.8 Å². The molecule has 0 radical (unpaired) electrons. The Labute approximate surface area is 247 Å². The number of aromatic carboxylic acids is 2. The maximum Gasteiger partial charge on any atom is 0.335 e. The zero-order chi connectivity index (χ0) is 31.0. The van der Waals surface area contributed by atoms with E-state index >= 15 is 4.79 Å². The van der Waals surface area contributed by atoms with Crippen molar-refractivity contribution in [3.05, 3.63) is 29.3 Å². The number of quaternary nitrogens is 1. The van der Waals surface area contributed by atoms with Gasteiger partial charge < -0.3 is 21.7 Å². The molecule has 230 valence electrons. The summed E-state index contributed by atoms with van der Waals surface area (Å²) < 4.78 is -0.844. The summed E-state index contributed by atoms with van der Waals surface area (Å²) in [5, 5.41) is 20.2. The molecular formula is C32H46N3O7+. The maximum absolute atomic E-state index is 15.8. The lowest BCUT2D eigenvalue weighted by molar-refractivity contribution is -0.178. The smallest absolute Gasteiger partial charge is 0.335 e. The number of hydrogen-bond donors (Lipinski definition) is 4. The van der Waals surface area contributed by atoms with Crippen molar-refractivity contribution >= 4 is 35.3 Å². The molecule has 4 rings (SSSR count). The number of carbonyl (C=O) groups excluding carboxylic acids is 3. The van der Waals surface area contributed by atoms with Gasteiger partial charge in [0.05, 0.1) is 17.0 Å². The molecule has 1 aromatic carbocycles. The molecule has 3 saturated carbocycles. The normalized spacial score (nSPS) is 33.2. The van der Waals surface area contributed by atoms with Crippen LogP contribution in [0.1, 0.15) is 119 Å². The van der Waals surface area contributed by atoms with Crippen LogP contribution in [0.3, 0.4) is 0 Å². The van der Waals surface area contributed by atoms with Crippen molar-refractivity contribution in [1.82, 2.24) is 4.48 Å². The molecular weight excluding hydrogens is 538 g/mol. The zero-order valence-electron chi connectivity index (χ0n) is 25.1. The van der Waals surface area contributed by atoms with Crippen LogP contribution in [0.4, 0.5) is 5.69 Å². The molecule has 10 heteroatoms. The molecule has 0 saturated heterocycles. The molecule has 3 amide bonds. The first kappa shape index (κ1) is 31.7. The van der Waals surface area contributed by atoms with E-state index in [1.165, 1.54) is 12.1 Å². The molecule has 0 spiro atoms. The van der Waals surface area contributed by atoms with Crippen molar-refractivity contribution < 1.29 is 34.2 Å². The van der Waals surface area contributed by atoms with Crippen molar-refractivity contribution in [3.63, 3.8) is 0 Å². The van der Waals surface area contributed by atoms with Gasteiger partial charge in [0, 0.05) is 36.8 Å². The van der Waals surface area contributed by atoms with Gasteiger partial charge in [0.2, 0.25) is 0 Å². The summed E-state index contributed by atoms with van der Waals surface area (Å²) >= 11 is 0. The van der Waals surface area contributed by atoms with E-state index in [-0.39, 0.29) is 41.5 Å². The third-order valence-electron chi connectivity index (χ3n) is 11.1. The van der Waals surface area contributed by atoms with Gasteiger partial charge in [-0.1, -0.05) is 46.5 Å². The van der Waals surface area contributed by atoms with Crippen LogP contribution in [0.2, 0.25) is 0 Å². The predicted octanol–water partition coefficient (Wildman–Crippen LogP) is 4.61. The second kappa shape index (κ2) is 11.8. The third kappa shape index (κ3) is 4.53. The molecule has 0 aliphatic heterocycles. The van der Waals surface area contributed by atoms with Crippen LogP contribution in [0.15, 0.2) is 18.2 Å². The predicted molar refractivity (Wildman–Crippen MR) is 157 cm³/mol. The van der Waals surface area contributed by atoms with E-state index in [2.05, 4.69) is 0 Å². The Bertz CT molecular complexity index is 1210. The lowest BCUT2D eigenvalue weighted by atomic mass is 9.60. The number of carboxylic acids is 2. The topological polar surface area (TPSA) is 178 Å². The highest BCUT2D eigenvalue weighted by atomic mass is 16.4. The van der Waals surface area contributed by atoms with Gasteiger partial charge in [-0.05, 0) is 50.5 Å². The Morgan fingerprint density at radius 1 is 0.690 bits per heavy atom. The summed E-state index contributed by atoms with van der Waals surface area (Å²) in [4.78, 5) is 69.0. The van der Waals surface area contributed by atoms with Crippen molar-refractivity contribution in [3.8, 4) is 0 Å². The quantitative estimate of drug-likeness (QED) is 0.322. The van der Waals surface area contributed by atoms with E-state index < -0.39 is 57.1 Å². The lowest BCUT2D eigenvalue weighted by Gasteiger charge is -2.63. The molecule has 3 aliphatic rings. The molecule has 0 aromatic heterocycles. The van der Waals surface area contributed by atoms with E-state index in [0.29, 0.717) is 32.1 Å². The van der Waals surface area contributed by atoms with E-state index in [1.54, 1.807) is 0 Å². The average Bonchev–Trinajstić information content (AvgIpc) is 2.94. The van der Waals surface area contributed by atoms with Crippen LogP contribution in [0, 0.1) is 23.7 Å². The Morgan fingerprint density at radius 3 is 1.50 bits per heavy atom. The van der Waals surface area contributed by atoms with Crippen LogP contribution < -0.4 is 16.0 Å². The van der Waals surface area contributed by atoms with Gasteiger partial charge in [0.15, 0.2) is 11.1 Å². The summed E-state index contributed by atoms with van der Waals surface area (Å²) in [6.45, 7) is 5.74. The zero-order valence-corrected chi connectivity index (χ0v) is 25.1. The van der Waals surface area contributed by atoms with Gasteiger partial charge in [-0.15, -0.1) is 0 Å². The molecule has 6 atom stereocenters. The van der Waals surface area contributed by atoms with Crippen LogP contribution >= 0.6 is 0 Å². The van der Waals surface area contributed by atoms with Gasteiger partial charge in [0.25, 0.3) is 11.8 Å². The van der Waals surface area contributed by atoms with E-state index in [0.717, 1.165) is 38.2 Å². The van der Waals surface area contributed by atoms with Crippen molar-refractivity contribution in [1.29, 1.82) is 0 Å². The Morgan fingerprint density at radius 2 is 1.12 bits per heavy atom. The molecule has 0 heterocycles. The Kier molecular flexibility index (Phi) is 8.88. The van der Waals surface area contributed by atoms with Gasteiger partial charge in [-0.25, -0.2) is 18.9 Å². The summed E-state index contributed by atoms with van der Waals surface area (Å²) in [5.74, 6) is -6.21. The Hall–Kier alpha value is -3.27. The number of hydrogen-bond acceptors (Lipinski definition) is 5. The monoisotopic (exact) mass is 584 g/mol. The minimum atomic E-state index is -1.65. The van der Waals surface area contributed by atoms with Gasteiger partial charge in [-0.3, -0.25) is 9.59 Å². The number of nitrogens with two attached hydrogens (primary N) is 2. The maximum atomic E-state index is 15.8. The fourth-order valence-corrected chi connectivity index (χ4v) is 9.04. The minimum absolute atomic E-state index is 0.00942. The fourth-order valence-electron chi connectivity index (χ4n) is 9.04. The molecule has 1 aromatic rings. The van der Waals surface area contributed by atoms with E-state index in [4.69, 9.17) is 11.5 Å². The number of carbonyl (C=O) groups is 5. The van der Waals surface area contributed by atoms with Crippen molar-refractivity contribution in [2.45, 2.75) is 109 Å². The second-order valence-corrected chi connectivity index (χ2v) is 13.1. The number of benzene rings is 1. The van der Waals surface area contributed by atoms with Crippen LogP contribution in [0.5, 0.6) is 0 Å². The first-order chi connectivity index (χ1) is 19.8. The number of primary amides is 2. The summed E-state index contributed by atoms with van der Waals surface area (Å²) in [5.41, 5.74) is 8.88. The SMILES string of the molecule is CC1CCCCC1C(=O)[N+](c1cc(C(=O)O)cc(C(=O)O)c1)(C1(C(N)=O)CCCCC1C)C1(C(N)=O)CCCCC1C. The van der Waals surface area contributed by atoms with E-state index in [1.807, 2.05) is 20.8 Å². The minimum Gasteiger partial charge on any atom is -0.478 e. The van der Waals surface area contributed by atoms with E-state index in [9.17, 15) is 29.4 Å². The van der Waals surface area contributed by atoms with Crippen molar-refractivity contribution in [2.24, 2.45) is 35.1 Å². The number of amides is 3. The van der Waals surface area contributed by atoms with Crippen LogP contribution in [-0.4, -0.2) is 51.0 Å². The van der Waals surface area contributed by atoms with Crippen LogP contribution in [0.25, 0.3) is 0 Å². The first-order valence-corrected chi connectivity index (χ1v) is 15.4. The Balaban J connectivity index is 2.31. The average molecular weight is 585 g/mol. The molecule has 3 fully saturated rings. The second-order valence-electron chi connectivity index (χ2n) is 13.1. The highest BCUT2D eigenvalue weighted by Gasteiger charge is 2.76. The number of rotatable bonds is 8. The highest BCUT2D eigenvalue weighted by Crippen LogP contribution is 2.58. The molecule has 6 N–H and O–H groups in total. The highest BCUT2D eigenvalue weighted by molar-refractivity contribution is 6.08. The third-order valence-corrected chi connectivity index (χ3v) is 11.1. The van der Waals surface area contributed by atoms with Crippen molar-refractivity contribution in [2.75, 3.05) is 0 Å². The van der Waals surface area contributed by atoms with Gasteiger partial charge in [-0.2, -0.15) is 0 Å². The standard InChI is InChI=1S/C32H45N3O7/c1-19-10-4-5-13-25(19)26(36)35(31(29(33)41)14-8-6-11-20(31)2,32(30(34)42)15-9-7-12-21(32)3)24-17-22(27(37)38)16-23(18-24)28(39)40/h16-21,25H,4-15H2,1-3H3,(H5-,33,34,37,38,39,40,41,42)/p+1. The molecule has 6 unspecified atom stereocenters. The first-order valence-electron chi connectivity index (χ1n) is 15.4. The largest absolute Gasteiger partial charge is 0.478 e. The summed E-state index contributed by atoms with van der Waals surface area (Å²) in [6.07, 6.45) is 7.26. The summed E-state index contributed by atoms with van der Waals surface area (Å²) in [7, 11) is 0. The lowest BCUT2D eigenvalue weighted by Crippen LogP contribution is -2.88. The number of nitrogens with zero attached hydrogens (tertiary/aromatic N) is 1. The molecule has 42 heavy (non-hydrogen) atoms. The van der Waals surface area contributed by atoms with Crippen LogP contribution in [-0.2, 0) is 14.4 Å². The van der Waals surface area contributed by atoms with Gasteiger partial charge in [0.1, 0.15) is 5.69 Å². The summed E-state index contributed by atoms with van der Waals surface area (Å²) in [6, 6.07) is 3.62. The molecule has 10 nitrogen and oxygen atoms in total.